The van der Waals surface area contributed by atoms with Gasteiger partial charge in [-0.05, 0) is 24.8 Å². The van der Waals surface area contributed by atoms with Gasteiger partial charge < -0.3 is 20.5 Å². The summed E-state index contributed by atoms with van der Waals surface area (Å²) >= 11 is 1.43. The number of hydrogen-bond donors (Lipinski definition) is 2. The van der Waals surface area contributed by atoms with Crippen molar-refractivity contribution in [2.75, 3.05) is 18.5 Å². The number of primary amides is 1. The summed E-state index contributed by atoms with van der Waals surface area (Å²) in [5.41, 5.74) is 6.98. The van der Waals surface area contributed by atoms with E-state index in [1.54, 1.807) is 0 Å². The third kappa shape index (κ3) is 2.33. The second-order valence-corrected chi connectivity index (χ2v) is 7.23. The van der Waals surface area contributed by atoms with E-state index in [2.05, 4.69) is 5.32 Å². The lowest BCUT2D eigenvalue weighted by Crippen LogP contribution is -2.36. The Labute approximate surface area is 132 Å². The summed E-state index contributed by atoms with van der Waals surface area (Å²) in [6.45, 7) is 1.21. The molecule has 2 aliphatic carbocycles. The predicted octanol–water partition coefficient (Wildman–Crippen LogP) is 1.43. The lowest BCUT2D eigenvalue weighted by molar-refractivity contribution is -0.163. The van der Waals surface area contributed by atoms with Crippen molar-refractivity contribution in [3.8, 4) is 0 Å². The molecular formula is C15H18N2O4S. The number of ether oxygens (including phenoxy) is 2. The molecule has 22 heavy (non-hydrogen) atoms. The number of rotatable bonds is 3. The van der Waals surface area contributed by atoms with Crippen LogP contribution in [0.5, 0.6) is 0 Å². The van der Waals surface area contributed by atoms with Crippen molar-refractivity contribution in [1.29, 1.82) is 0 Å². The van der Waals surface area contributed by atoms with Crippen molar-refractivity contribution in [2.45, 2.75) is 37.9 Å². The minimum absolute atomic E-state index is 0.0100. The number of carbonyl (C=O) groups excluding carboxylic acids is 2. The number of nitrogens with one attached hydrogen (secondary N) is 1. The molecule has 1 aromatic rings. The van der Waals surface area contributed by atoms with E-state index in [-0.39, 0.29) is 11.8 Å². The molecule has 0 aromatic carbocycles. The van der Waals surface area contributed by atoms with Gasteiger partial charge in [0.1, 0.15) is 5.00 Å². The highest BCUT2D eigenvalue weighted by atomic mass is 32.1. The van der Waals surface area contributed by atoms with Crippen LogP contribution >= 0.6 is 11.3 Å². The van der Waals surface area contributed by atoms with Gasteiger partial charge in [-0.3, -0.25) is 9.59 Å². The van der Waals surface area contributed by atoms with Crippen LogP contribution in [0.1, 0.15) is 40.1 Å². The van der Waals surface area contributed by atoms with Gasteiger partial charge in [-0.1, -0.05) is 0 Å². The normalized spacial score (nSPS) is 22.5. The summed E-state index contributed by atoms with van der Waals surface area (Å²) < 4.78 is 11.5. The van der Waals surface area contributed by atoms with Gasteiger partial charge >= 0.3 is 0 Å². The molecule has 0 bridgehead atoms. The molecule has 1 aliphatic heterocycles. The van der Waals surface area contributed by atoms with E-state index >= 15 is 0 Å². The van der Waals surface area contributed by atoms with Crippen molar-refractivity contribution >= 4 is 28.2 Å². The third-order valence-electron chi connectivity index (χ3n) is 4.52. The number of nitrogens with two attached hydrogens (primary N) is 1. The Bertz CT molecular complexity index is 644. The molecule has 2 fully saturated rings. The van der Waals surface area contributed by atoms with Crippen LogP contribution in [-0.2, 0) is 27.1 Å². The second-order valence-electron chi connectivity index (χ2n) is 6.12. The molecule has 118 valence electrons. The van der Waals surface area contributed by atoms with E-state index in [4.69, 9.17) is 15.2 Å². The second kappa shape index (κ2) is 5.04. The fraction of sp³-hybridized carbons (Fsp3) is 0.600. The van der Waals surface area contributed by atoms with E-state index < -0.39 is 11.7 Å². The van der Waals surface area contributed by atoms with E-state index in [1.165, 1.54) is 11.3 Å². The van der Waals surface area contributed by atoms with E-state index in [9.17, 15) is 9.59 Å². The smallest absolute Gasteiger partial charge is 0.251 e. The zero-order chi connectivity index (χ0) is 15.3. The number of anilines is 1. The molecule has 1 saturated heterocycles. The van der Waals surface area contributed by atoms with Crippen LogP contribution in [-0.4, -0.2) is 30.8 Å². The van der Waals surface area contributed by atoms with Crippen molar-refractivity contribution in [3.05, 3.63) is 16.0 Å². The van der Waals surface area contributed by atoms with Crippen LogP contribution in [0.25, 0.3) is 0 Å². The molecule has 3 aliphatic rings. The first-order chi connectivity index (χ1) is 10.6. The zero-order valence-corrected chi connectivity index (χ0v) is 13.0. The molecule has 4 rings (SSSR count). The molecule has 6 nitrogen and oxygen atoms in total. The van der Waals surface area contributed by atoms with Crippen molar-refractivity contribution in [1.82, 2.24) is 0 Å². The van der Waals surface area contributed by atoms with Gasteiger partial charge in [-0.2, -0.15) is 0 Å². The maximum Gasteiger partial charge on any atom is 0.251 e. The molecule has 2 heterocycles. The fourth-order valence-electron chi connectivity index (χ4n) is 3.22. The average molecular weight is 322 g/mol. The molecule has 3 N–H and O–H groups in total. The molecule has 7 heteroatoms. The average Bonchev–Trinajstić information content (AvgIpc) is 3.14. The minimum Gasteiger partial charge on any atom is -0.365 e. The van der Waals surface area contributed by atoms with Crippen molar-refractivity contribution < 1.29 is 19.1 Å². The lowest BCUT2D eigenvalue weighted by atomic mass is 9.90. The highest BCUT2D eigenvalue weighted by Gasteiger charge is 2.42. The monoisotopic (exact) mass is 322 g/mol. The van der Waals surface area contributed by atoms with Gasteiger partial charge in [-0.25, -0.2) is 0 Å². The maximum atomic E-state index is 12.0. The predicted molar refractivity (Wildman–Crippen MR) is 80.9 cm³/mol. The van der Waals surface area contributed by atoms with Crippen LogP contribution in [0, 0.1) is 5.92 Å². The van der Waals surface area contributed by atoms with E-state index in [0.717, 1.165) is 23.3 Å². The minimum atomic E-state index is -0.551. The molecule has 1 spiro atoms. The number of fused-ring (bicyclic) bond motifs is 1. The summed E-state index contributed by atoms with van der Waals surface area (Å²) in [6, 6.07) is 0. The highest BCUT2D eigenvalue weighted by molar-refractivity contribution is 7.17. The molecule has 0 radical (unpaired) electrons. The number of amides is 2. The standard InChI is InChI=1S/C15H18N2O4S/c16-12(18)11-9-3-4-15(20-5-6-21-15)7-10(9)22-14(11)17-13(19)8-1-2-8/h8H,1-7H2,(H2,16,18)(H,17,19). The SMILES string of the molecule is NC(=O)c1c(NC(=O)C2CC2)sc2c1CCC1(C2)OCCO1. The Morgan fingerprint density at radius 1 is 1.27 bits per heavy atom. The molecular weight excluding hydrogens is 304 g/mol. The Morgan fingerprint density at radius 3 is 2.64 bits per heavy atom. The molecule has 1 saturated carbocycles. The maximum absolute atomic E-state index is 12.0. The molecule has 1 aromatic heterocycles. The molecule has 2 amide bonds. The summed E-state index contributed by atoms with van der Waals surface area (Å²) in [4.78, 5) is 24.9. The first kappa shape index (κ1) is 14.2. The lowest BCUT2D eigenvalue weighted by Gasteiger charge is -2.31. The van der Waals surface area contributed by atoms with Gasteiger partial charge in [0.25, 0.3) is 5.91 Å². The van der Waals surface area contributed by atoms with Crippen LogP contribution < -0.4 is 11.1 Å². The van der Waals surface area contributed by atoms with Gasteiger partial charge in [0.2, 0.25) is 5.91 Å². The number of hydrogen-bond acceptors (Lipinski definition) is 5. The number of thiophene rings is 1. The first-order valence-electron chi connectivity index (χ1n) is 7.61. The zero-order valence-electron chi connectivity index (χ0n) is 12.1. The van der Waals surface area contributed by atoms with Crippen LogP contribution in [0.4, 0.5) is 5.00 Å². The van der Waals surface area contributed by atoms with Crippen LogP contribution in [0.3, 0.4) is 0 Å². The summed E-state index contributed by atoms with van der Waals surface area (Å²) in [6.07, 6.45) is 3.87. The Hall–Kier alpha value is -1.44. The van der Waals surface area contributed by atoms with E-state index in [1.807, 2.05) is 0 Å². The van der Waals surface area contributed by atoms with Gasteiger partial charge in [-0.15, -0.1) is 11.3 Å². The third-order valence-corrected chi connectivity index (χ3v) is 5.67. The molecule has 0 unspecified atom stereocenters. The molecule has 0 atom stereocenters. The Kier molecular flexibility index (Phi) is 3.25. The fourth-order valence-corrected chi connectivity index (χ4v) is 4.56. The Balaban J connectivity index is 1.66. The van der Waals surface area contributed by atoms with Gasteiger partial charge in [0.15, 0.2) is 5.79 Å². The van der Waals surface area contributed by atoms with Crippen molar-refractivity contribution in [3.63, 3.8) is 0 Å². The Morgan fingerprint density at radius 2 is 2.00 bits per heavy atom. The van der Waals surface area contributed by atoms with Gasteiger partial charge in [0, 0.05) is 23.6 Å². The van der Waals surface area contributed by atoms with Crippen LogP contribution in [0.15, 0.2) is 0 Å². The quantitative estimate of drug-likeness (QED) is 0.881. The highest BCUT2D eigenvalue weighted by Crippen LogP contribution is 2.44. The summed E-state index contributed by atoms with van der Waals surface area (Å²) in [7, 11) is 0. The van der Waals surface area contributed by atoms with Crippen molar-refractivity contribution in [2.24, 2.45) is 11.7 Å². The first-order valence-corrected chi connectivity index (χ1v) is 8.43. The van der Waals surface area contributed by atoms with Crippen LogP contribution in [0.2, 0.25) is 0 Å². The van der Waals surface area contributed by atoms with Gasteiger partial charge in [0.05, 0.1) is 18.8 Å². The topological polar surface area (TPSA) is 90.7 Å². The number of carbonyl (C=O) groups is 2. The summed E-state index contributed by atoms with van der Waals surface area (Å²) in [5.74, 6) is -0.949. The summed E-state index contributed by atoms with van der Waals surface area (Å²) in [5, 5.41) is 3.47. The van der Waals surface area contributed by atoms with E-state index in [0.29, 0.717) is 43.0 Å². The largest absolute Gasteiger partial charge is 0.365 e.